The Labute approximate surface area is 132 Å². The van der Waals surface area contributed by atoms with E-state index in [4.69, 9.17) is 0 Å². The molecule has 2 aromatic heterocycles. The quantitative estimate of drug-likeness (QED) is 0.803. The zero-order chi connectivity index (χ0) is 15.4. The summed E-state index contributed by atoms with van der Waals surface area (Å²) >= 11 is 1.53. The number of hydrogen-bond acceptors (Lipinski definition) is 4. The normalized spacial score (nSPS) is 10.4. The van der Waals surface area contributed by atoms with Gasteiger partial charge in [-0.2, -0.15) is 0 Å². The van der Waals surface area contributed by atoms with Crippen LogP contribution in [0.15, 0.2) is 54.2 Å². The number of nitrogens with zero attached hydrogens (tertiary/aromatic N) is 2. The Morgan fingerprint density at radius 3 is 2.77 bits per heavy atom. The summed E-state index contributed by atoms with van der Waals surface area (Å²) in [6.45, 7) is 2.39. The van der Waals surface area contributed by atoms with Crippen molar-refractivity contribution < 1.29 is 4.79 Å². The Hall–Kier alpha value is -2.53. The molecule has 0 aliphatic heterocycles. The van der Waals surface area contributed by atoms with Crippen molar-refractivity contribution in [1.29, 1.82) is 0 Å². The summed E-state index contributed by atoms with van der Waals surface area (Å²) in [5.74, 6) is -0.0921. The van der Waals surface area contributed by atoms with Crippen molar-refractivity contribution in [1.82, 2.24) is 15.3 Å². The first-order chi connectivity index (χ1) is 10.8. The Morgan fingerprint density at radius 2 is 2.05 bits per heavy atom. The van der Waals surface area contributed by atoms with Gasteiger partial charge < -0.3 is 5.32 Å². The van der Waals surface area contributed by atoms with Crippen LogP contribution >= 0.6 is 11.3 Å². The molecular formula is C17H15N3OS. The van der Waals surface area contributed by atoms with Gasteiger partial charge in [-0.1, -0.05) is 18.2 Å². The molecule has 1 N–H and O–H groups in total. The first-order valence-corrected chi connectivity index (χ1v) is 7.81. The van der Waals surface area contributed by atoms with E-state index < -0.39 is 0 Å². The van der Waals surface area contributed by atoms with Crippen LogP contribution in [0.1, 0.15) is 20.9 Å². The van der Waals surface area contributed by atoms with E-state index in [0.29, 0.717) is 12.1 Å². The van der Waals surface area contributed by atoms with Gasteiger partial charge in [0.05, 0.1) is 12.2 Å². The summed E-state index contributed by atoms with van der Waals surface area (Å²) in [5, 5.41) is 5.70. The van der Waals surface area contributed by atoms with Crippen LogP contribution in [0.3, 0.4) is 0 Å². The smallest absolute Gasteiger partial charge is 0.251 e. The molecule has 110 valence electrons. The molecule has 0 saturated carbocycles. The molecule has 4 nitrogen and oxygen atoms in total. The summed E-state index contributed by atoms with van der Waals surface area (Å²) < 4.78 is 0. The molecule has 0 unspecified atom stereocenters. The highest BCUT2D eigenvalue weighted by Crippen LogP contribution is 2.23. The minimum Gasteiger partial charge on any atom is -0.346 e. The molecule has 3 rings (SSSR count). The molecule has 1 amide bonds. The molecule has 2 heterocycles. The third kappa shape index (κ3) is 3.04. The number of hydrogen-bond donors (Lipinski definition) is 1. The minimum atomic E-state index is -0.0921. The average molecular weight is 309 g/mol. The van der Waals surface area contributed by atoms with Gasteiger partial charge >= 0.3 is 0 Å². The van der Waals surface area contributed by atoms with E-state index >= 15 is 0 Å². The van der Waals surface area contributed by atoms with Crippen molar-refractivity contribution in [3.8, 4) is 11.3 Å². The second-order valence-electron chi connectivity index (χ2n) is 4.80. The highest BCUT2D eigenvalue weighted by Gasteiger charge is 2.13. The van der Waals surface area contributed by atoms with Crippen molar-refractivity contribution in [2.45, 2.75) is 13.5 Å². The third-order valence-electron chi connectivity index (χ3n) is 3.40. The Morgan fingerprint density at radius 1 is 1.14 bits per heavy atom. The van der Waals surface area contributed by atoms with Crippen LogP contribution in [0.4, 0.5) is 0 Å². The minimum absolute atomic E-state index is 0.0921. The van der Waals surface area contributed by atoms with Crippen LogP contribution in [0.5, 0.6) is 0 Å². The van der Waals surface area contributed by atoms with Crippen molar-refractivity contribution in [3.63, 3.8) is 0 Å². The Kier molecular flexibility index (Phi) is 4.25. The summed E-state index contributed by atoms with van der Waals surface area (Å²) in [6, 6.07) is 11.5. The summed E-state index contributed by atoms with van der Waals surface area (Å²) in [4.78, 5) is 20.9. The number of aromatic nitrogens is 2. The lowest BCUT2D eigenvalue weighted by atomic mass is 9.99. The lowest BCUT2D eigenvalue weighted by molar-refractivity contribution is 0.0950. The van der Waals surface area contributed by atoms with Crippen molar-refractivity contribution in [3.05, 3.63) is 70.3 Å². The Balaban J connectivity index is 1.83. The van der Waals surface area contributed by atoms with E-state index in [1.54, 1.807) is 12.4 Å². The van der Waals surface area contributed by atoms with Gasteiger partial charge in [0.15, 0.2) is 0 Å². The largest absolute Gasteiger partial charge is 0.346 e. The lowest BCUT2D eigenvalue weighted by Crippen LogP contribution is -2.23. The number of benzene rings is 1. The SMILES string of the molecule is Cc1c(C(=O)NCc2nccs2)cccc1-c1ccccn1. The fraction of sp³-hybridized carbons (Fsp3) is 0.118. The van der Waals surface area contributed by atoms with Crippen LogP contribution in [-0.2, 0) is 6.54 Å². The predicted octanol–water partition coefficient (Wildman–Crippen LogP) is 3.44. The molecule has 0 radical (unpaired) electrons. The van der Waals surface area contributed by atoms with Gasteiger partial charge in [-0.15, -0.1) is 11.3 Å². The maximum absolute atomic E-state index is 12.4. The van der Waals surface area contributed by atoms with Gasteiger partial charge in [0.2, 0.25) is 0 Å². The lowest BCUT2D eigenvalue weighted by Gasteiger charge is -2.11. The molecule has 3 aromatic rings. The number of rotatable bonds is 4. The van der Waals surface area contributed by atoms with Crippen LogP contribution in [-0.4, -0.2) is 15.9 Å². The molecule has 0 aliphatic carbocycles. The number of thiazole rings is 1. The van der Waals surface area contributed by atoms with Gasteiger partial charge in [-0.05, 0) is 30.7 Å². The third-order valence-corrected chi connectivity index (χ3v) is 4.18. The standard InChI is InChI=1S/C17H15N3OS/c1-12-13(15-7-2-3-8-18-15)5-4-6-14(12)17(21)20-11-16-19-9-10-22-16/h2-10H,11H2,1H3,(H,20,21). The van der Waals surface area contributed by atoms with Crippen LogP contribution in [0.25, 0.3) is 11.3 Å². The highest BCUT2D eigenvalue weighted by atomic mass is 32.1. The first-order valence-electron chi connectivity index (χ1n) is 6.93. The number of amides is 1. The van der Waals surface area contributed by atoms with Crippen molar-refractivity contribution in [2.24, 2.45) is 0 Å². The van der Waals surface area contributed by atoms with Gasteiger partial charge in [-0.3, -0.25) is 9.78 Å². The first kappa shape index (κ1) is 14.4. The zero-order valence-corrected chi connectivity index (χ0v) is 12.9. The van der Waals surface area contributed by atoms with Gasteiger partial charge in [-0.25, -0.2) is 4.98 Å². The molecule has 0 fully saturated rings. The summed E-state index contributed by atoms with van der Waals surface area (Å²) in [7, 11) is 0. The van der Waals surface area contributed by atoms with Crippen molar-refractivity contribution in [2.75, 3.05) is 0 Å². The topological polar surface area (TPSA) is 54.9 Å². The predicted molar refractivity (Wildman–Crippen MR) is 87.7 cm³/mol. The van der Waals surface area contributed by atoms with E-state index in [9.17, 15) is 4.79 Å². The van der Waals surface area contributed by atoms with E-state index in [-0.39, 0.29) is 5.91 Å². The molecule has 0 bridgehead atoms. The van der Waals surface area contributed by atoms with E-state index in [0.717, 1.165) is 21.8 Å². The van der Waals surface area contributed by atoms with Crippen molar-refractivity contribution >= 4 is 17.2 Å². The average Bonchev–Trinajstić information content (AvgIpc) is 3.07. The van der Waals surface area contributed by atoms with E-state index in [1.165, 1.54) is 11.3 Å². The summed E-state index contributed by atoms with van der Waals surface area (Å²) in [5.41, 5.74) is 3.44. The zero-order valence-electron chi connectivity index (χ0n) is 12.1. The molecule has 0 saturated heterocycles. The van der Waals surface area contributed by atoms with Crippen LogP contribution in [0, 0.1) is 6.92 Å². The fourth-order valence-electron chi connectivity index (χ4n) is 2.27. The maximum atomic E-state index is 12.4. The van der Waals surface area contributed by atoms with Crippen LogP contribution in [0.2, 0.25) is 0 Å². The van der Waals surface area contributed by atoms with Gasteiger partial charge in [0.25, 0.3) is 5.91 Å². The monoisotopic (exact) mass is 309 g/mol. The van der Waals surface area contributed by atoms with Crippen LogP contribution < -0.4 is 5.32 Å². The van der Waals surface area contributed by atoms with E-state index in [1.807, 2.05) is 48.7 Å². The molecule has 0 atom stereocenters. The number of nitrogens with one attached hydrogen (secondary N) is 1. The number of carbonyl (C=O) groups is 1. The van der Waals surface area contributed by atoms with E-state index in [2.05, 4.69) is 15.3 Å². The summed E-state index contributed by atoms with van der Waals surface area (Å²) in [6.07, 6.45) is 3.49. The molecular weight excluding hydrogens is 294 g/mol. The fourth-order valence-corrected chi connectivity index (χ4v) is 2.83. The second kappa shape index (κ2) is 6.49. The highest BCUT2D eigenvalue weighted by molar-refractivity contribution is 7.09. The number of carbonyl (C=O) groups excluding carboxylic acids is 1. The maximum Gasteiger partial charge on any atom is 0.251 e. The molecule has 0 aliphatic rings. The van der Waals surface area contributed by atoms with Gasteiger partial charge in [0.1, 0.15) is 5.01 Å². The second-order valence-corrected chi connectivity index (χ2v) is 5.78. The number of pyridine rings is 1. The Bertz CT molecular complexity index is 770. The van der Waals surface area contributed by atoms with Gasteiger partial charge in [0, 0.05) is 28.9 Å². The molecule has 5 heteroatoms. The molecule has 22 heavy (non-hydrogen) atoms. The molecule has 0 spiro atoms. The molecule has 1 aromatic carbocycles.